The fourth-order valence-corrected chi connectivity index (χ4v) is 1.37. The van der Waals surface area contributed by atoms with Crippen molar-refractivity contribution in [1.29, 1.82) is 0 Å². The third-order valence-corrected chi connectivity index (χ3v) is 2.07. The van der Waals surface area contributed by atoms with Crippen LogP contribution in [-0.2, 0) is 0 Å². The van der Waals surface area contributed by atoms with Gasteiger partial charge in [0.05, 0.1) is 15.4 Å². The Bertz CT molecular complexity index is 322. The van der Waals surface area contributed by atoms with Gasteiger partial charge in [-0.2, -0.15) is 0 Å². The van der Waals surface area contributed by atoms with Crippen LogP contribution >= 0.6 is 11.3 Å². The van der Waals surface area contributed by atoms with Gasteiger partial charge in [0.25, 0.3) is 0 Å². The predicted molar refractivity (Wildman–Crippen MR) is 57.5 cm³/mol. The van der Waals surface area contributed by atoms with Gasteiger partial charge in [-0.3, -0.25) is 0 Å². The van der Waals surface area contributed by atoms with E-state index in [0.29, 0.717) is 0 Å². The number of aromatic nitrogens is 1. The molecule has 0 radical (unpaired) electrons. The zero-order valence-electron chi connectivity index (χ0n) is 7.87. The van der Waals surface area contributed by atoms with E-state index in [2.05, 4.69) is 11.6 Å². The van der Waals surface area contributed by atoms with E-state index in [0.717, 1.165) is 5.35 Å². The van der Waals surface area contributed by atoms with Gasteiger partial charge in [0.15, 0.2) is 0 Å². The summed E-state index contributed by atoms with van der Waals surface area (Å²) < 4.78 is 1.21. The number of thiazole rings is 1. The molecule has 0 N–H and O–H groups in total. The average molecular weight is 181 g/mol. The van der Waals surface area contributed by atoms with E-state index < -0.39 is 0 Å². The van der Waals surface area contributed by atoms with Gasteiger partial charge in [-0.05, 0) is 13.0 Å². The van der Waals surface area contributed by atoms with Crippen molar-refractivity contribution < 1.29 is 0 Å². The summed E-state index contributed by atoms with van der Waals surface area (Å²) in [5, 5.41) is 1.02. The lowest BCUT2D eigenvalue weighted by molar-refractivity contribution is 1.32. The van der Waals surface area contributed by atoms with E-state index in [-0.39, 0.29) is 0 Å². The molecule has 1 rings (SSSR count). The van der Waals surface area contributed by atoms with Crippen LogP contribution in [0.25, 0.3) is 12.2 Å². The van der Waals surface area contributed by atoms with E-state index >= 15 is 0 Å². The van der Waals surface area contributed by atoms with Crippen LogP contribution in [0.5, 0.6) is 0 Å². The van der Waals surface area contributed by atoms with Crippen molar-refractivity contribution in [3.8, 4) is 0 Å². The summed E-state index contributed by atoms with van der Waals surface area (Å²) in [4.78, 5) is 4.14. The Balaban J connectivity index is 0.000000561. The summed E-state index contributed by atoms with van der Waals surface area (Å²) in [7, 11) is 0. The molecule has 0 aliphatic rings. The van der Waals surface area contributed by atoms with Crippen LogP contribution in [0, 0.1) is 0 Å². The van der Waals surface area contributed by atoms with Crippen LogP contribution < -0.4 is 9.88 Å². The summed E-state index contributed by atoms with van der Waals surface area (Å²) in [6.45, 7) is 9.61. The van der Waals surface area contributed by atoms with Crippen LogP contribution in [0.1, 0.15) is 20.8 Å². The van der Waals surface area contributed by atoms with Gasteiger partial charge in [0.2, 0.25) is 0 Å². The van der Waals surface area contributed by atoms with E-state index in [9.17, 15) is 0 Å². The second-order valence-electron chi connectivity index (χ2n) is 1.79. The second-order valence-corrected chi connectivity index (χ2v) is 2.68. The van der Waals surface area contributed by atoms with Crippen molar-refractivity contribution in [2.75, 3.05) is 0 Å². The van der Waals surface area contributed by atoms with Gasteiger partial charge in [-0.25, -0.2) is 4.98 Å². The lowest BCUT2D eigenvalue weighted by atomic mass is 10.5. The van der Waals surface area contributed by atoms with Crippen molar-refractivity contribution in [2.45, 2.75) is 20.8 Å². The SMILES string of the molecule is C=C/C=c1/ncs/c1=C/C.CC. The molecular weight excluding hydrogens is 166 g/mol. The van der Waals surface area contributed by atoms with E-state index in [4.69, 9.17) is 0 Å². The lowest BCUT2D eigenvalue weighted by Crippen LogP contribution is -2.19. The van der Waals surface area contributed by atoms with E-state index in [1.165, 1.54) is 4.53 Å². The second kappa shape index (κ2) is 6.80. The Morgan fingerprint density at radius 3 is 2.67 bits per heavy atom. The third-order valence-electron chi connectivity index (χ3n) is 1.16. The zero-order chi connectivity index (χ0) is 9.40. The number of nitrogens with zero attached hydrogens (tertiary/aromatic N) is 1. The highest BCUT2D eigenvalue weighted by molar-refractivity contribution is 7.07. The van der Waals surface area contributed by atoms with E-state index in [1.807, 2.05) is 38.4 Å². The van der Waals surface area contributed by atoms with Crippen LogP contribution in [0.2, 0.25) is 0 Å². The average Bonchev–Trinajstić information content (AvgIpc) is 2.56. The quantitative estimate of drug-likeness (QED) is 0.645. The van der Waals surface area contributed by atoms with Gasteiger partial charge in [0.1, 0.15) is 0 Å². The van der Waals surface area contributed by atoms with Gasteiger partial charge in [-0.15, -0.1) is 11.3 Å². The maximum absolute atomic E-state index is 4.14. The fourth-order valence-electron chi connectivity index (χ4n) is 0.717. The minimum absolute atomic E-state index is 1.02. The molecule has 0 aromatic carbocycles. The molecule has 0 saturated heterocycles. The van der Waals surface area contributed by atoms with Gasteiger partial charge in [0, 0.05) is 0 Å². The highest BCUT2D eigenvalue weighted by Gasteiger charge is 1.82. The maximum atomic E-state index is 4.14. The maximum Gasteiger partial charge on any atom is 0.0808 e. The molecule has 0 aliphatic heterocycles. The molecule has 1 aromatic rings. The Morgan fingerprint density at radius 2 is 2.17 bits per heavy atom. The molecule has 0 bridgehead atoms. The molecule has 12 heavy (non-hydrogen) atoms. The third kappa shape index (κ3) is 3.01. The summed E-state index contributed by atoms with van der Waals surface area (Å²) in [5.41, 5.74) is 1.84. The minimum Gasteiger partial charge on any atom is -0.245 e. The van der Waals surface area contributed by atoms with Crippen molar-refractivity contribution >= 4 is 23.5 Å². The Hall–Kier alpha value is -0.890. The molecule has 0 aliphatic carbocycles. The Labute approximate surface area is 77.8 Å². The molecule has 2 heteroatoms. The normalized spacial score (nSPS) is 12.2. The molecule has 0 atom stereocenters. The Morgan fingerprint density at radius 1 is 1.50 bits per heavy atom. The number of hydrogen-bond acceptors (Lipinski definition) is 2. The molecule has 1 aromatic heterocycles. The van der Waals surface area contributed by atoms with Gasteiger partial charge >= 0.3 is 0 Å². The van der Waals surface area contributed by atoms with Crippen LogP contribution in [0.4, 0.5) is 0 Å². The summed E-state index contributed by atoms with van der Waals surface area (Å²) in [6.07, 6.45) is 5.71. The first-order chi connectivity index (χ1) is 5.88. The summed E-state index contributed by atoms with van der Waals surface area (Å²) >= 11 is 1.64. The molecule has 0 spiro atoms. The van der Waals surface area contributed by atoms with Crippen molar-refractivity contribution in [2.24, 2.45) is 0 Å². The Kier molecular flexibility index (Phi) is 6.29. The summed E-state index contributed by atoms with van der Waals surface area (Å²) in [5.74, 6) is 0. The van der Waals surface area contributed by atoms with Gasteiger partial charge in [-0.1, -0.05) is 32.6 Å². The van der Waals surface area contributed by atoms with Crippen LogP contribution in [0.3, 0.4) is 0 Å². The molecule has 0 unspecified atom stereocenters. The van der Waals surface area contributed by atoms with Crippen molar-refractivity contribution in [3.05, 3.63) is 28.0 Å². The number of hydrogen-bond donors (Lipinski definition) is 0. The molecule has 1 nitrogen and oxygen atoms in total. The first kappa shape index (κ1) is 11.1. The highest BCUT2D eigenvalue weighted by Crippen LogP contribution is 1.75. The number of rotatable bonds is 1. The predicted octanol–water partition coefficient (Wildman–Crippen LogP) is 1.94. The van der Waals surface area contributed by atoms with Crippen LogP contribution in [0.15, 0.2) is 18.2 Å². The molecule has 0 amide bonds. The molecular formula is C10H15NS. The largest absolute Gasteiger partial charge is 0.245 e. The molecule has 0 saturated carbocycles. The standard InChI is InChI=1S/C8H9NS.C2H6/c1-3-5-7-8(4-2)10-6-9-7;1-2/h3-6H,1H2,2H3;1-2H3/b7-5+,8-4+;. The smallest absolute Gasteiger partial charge is 0.0808 e. The van der Waals surface area contributed by atoms with Gasteiger partial charge < -0.3 is 0 Å². The molecule has 66 valence electrons. The van der Waals surface area contributed by atoms with E-state index in [1.54, 1.807) is 17.4 Å². The fraction of sp³-hybridized carbons (Fsp3) is 0.300. The monoisotopic (exact) mass is 181 g/mol. The number of allylic oxidation sites excluding steroid dienone is 1. The lowest BCUT2D eigenvalue weighted by Gasteiger charge is -1.71. The highest BCUT2D eigenvalue weighted by atomic mass is 32.1. The molecule has 1 heterocycles. The first-order valence-electron chi connectivity index (χ1n) is 4.07. The topological polar surface area (TPSA) is 12.9 Å². The van der Waals surface area contributed by atoms with Crippen molar-refractivity contribution in [1.82, 2.24) is 4.98 Å². The van der Waals surface area contributed by atoms with Crippen molar-refractivity contribution in [3.63, 3.8) is 0 Å². The zero-order valence-corrected chi connectivity index (χ0v) is 8.69. The molecule has 0 fully saturated rings. The summed E-state index contributed by atoms with van der Waals surface area (Å²) in [6, 6.07) is 0. The van der Waals surface area contributed by atoms with Crippen LogP contribution in [-0.4, -0.2) is 4.98 Å². The minimum atomic E-state index is 1.02. The first-order valence-corrected chi connectivity index (χ1v) is 4.95.